The Labute approximate surface area is 173 Å². The Morgan fingerprint density at radius 1 is 1.29 bits per heavy atom. The van der Waals surface area contributed by atoms with Gasteiger partial charge in [0.15, 0.2) is 0 Å². The summed E-state index contributed by atoms with van der Waals surface area (Å²) in [6, 6.07) is 12.2. The van der Waals surface area contributed by atoms with E-state index in [0.29, 0.717) is 11.7 Å². The molecule has 2 N–H and O–H groups in total. The number of carbonyl (C=O) groups is 1. The lowest BCUT2D eigenvalue weighted by molar-refractivity contribution is 0.0928. The number of pyridine rings is 1. The highest BCUT2D eigenvalue weighted by Crippen LogP contribution is 2.29. The van der Waals surface area contributed by atoms with E-state index in [1.807, 2.05) is 18.2 Å². The van der Waals surface area contributed by atoms with Crippen molar-refractivity contribution >= 4 is 18.3 Å². The molecule has 0 bridgehead atoms. The lowest BCUT2D eigenvalue weighted by atomic mass is 9.87. The molecule has 152 valence electrons. The summed E-state index contributed by atoms with van der Waals surface area (Å²) in [6.07, 6.45) is 6.74. The molecule has 28 heavy (non-hydrogen) atoms. The quantitative estimate of drug-likeness (QED) is 0.707. The van der Waals surface area contributed by atoms with Gasteiger partial charge in [0.2, 0.25) is 0 Å². The summed E-state index contributed by atoms with van der Waals surface area (Å²) >= 11 is 0. The Balaban J connectivity index is 0.00000280. The van der Waals surface area contributed by atoms with Gasteiger partial charge in [-0.3, -0.25) is 9.78 Å². The van der Waals surface area contributed by atoms with Crippen LogP contribution in [-0.4, -0.2) is 36.6 Å². The van der Waals surface area contributed by atoms with Gasteiger partial charge >= 0.3 is 0 Å². The number of nitrogens with one attached hydrogen (secondary N) is 2. The third kappa shape index (κ3) is 5.69. The Morgan fingerprint density at radius 3 is 2.86 bits per heavy atom. The molecule has 6 heteroatoms. The molecule has 5 nitrogen and oxygen atoms in total. The van der Waals surface area contributed by atoms with Crippen molar-refractivity contribution in [1.82, 2.24) is 15.6 Å². The SMILES string of the molecule is CCCC(CNC1CCc2cccc(OC)c2C1)NC(=O)c1ccccn1.Cl. The maximum atomic E-state index is 12.4. The van der Waals surface area contributed by atoms with Crippen LogP contribution in [-0.2, 0) is 12.8 Å². The van der Waals surface area contributed by atoms with Crippen molar-refractivity contribution in [3.8, 4) is 5.75 Å². The van der Waals surface area contributed by atoms with Gasteiger partial charge < -0.3 is 15.4 Å². The van der Waals surface area contributed by atoms with Crippen LogP contribution in [0.2, 0.25) is 0 Å². The number of ether oxygens (including phenoxy) is 1. The number of amides is 1. The van der Waals surface area contributed by atoms with E-state index >= 15 is 0 Å². The summed E-state index contributed by atoms with van der Waals surface area (Å²) in [7, 11) is 1.73. The monoisotopic (exact) mass is 403 g/mol. The van der Waals surface area contributed by atoms with E-state index in [1.54, 1.807) is 19.4 Å². The standard InChI is InChI=1S/C22H29N3O2.ClH/c1-3-7-18(25-22(26)20-9-4-5-13-23-20)15-24-17-12-11-16-8-6-10-21(27-2)19(16)14-17;/h4-6,8-10,13,17-18,24H,3,7,11-12,14-15H2,1-2H3,(H,25,26);1H. The second kappa shape index (κ2) is 11.0. The van der Waals surface area contributed by atoms with Crippen molar-refractivity contribution < 1.29 is 9.53 Å². The summed E-state index contributed by atoms with van der Waals surface area (Å²) in [5.41, 5.74) is 3.17. The summed E-state index contributed by atoms with van der Waals surface area (Å²) in [5.74, 6) is 0.874. The normalized spacial score (nSPS) is 16.4. The first-order valence-electron chi connectivity index (χ1n) is 9.81. The molecular weight excluding hydrogens is 374 g/mol. The number of hydrogen-bond donors (Lipinski definition) is 2. The summed E-state index contributed by atoms with van der Waals surface area (Å²) in [5, 5.41) is 6.79. The minimum absolute atomic E-state index is 0. The molecule has 3 rings (SSSR count). The molecule has 1 aromatic carbocycles. The number of methoxy groups -OCH3 is 1. The molecular formula is C22H30ClN3O2. The molecule has 1 aliphatic rings. The minimum Gasteiger partial charge on any atom is -0.496 e. The number of benzene rings is 1. The molecule has 2 aromatic rings. The van der Waals surface area contributed by atoms with Crippen LogP contribution in [0.25, 0.3) is 0 Å². The van der Waals surface area contributed by atoms with Crippen LogP contribution < -0.4 is 15.4 Å². The van der Waals surface area contributed by atoms with E-state index in [1.165, 1.54) is 11.1 Å². The zero-order chi connectivity index (χ0) is 19.1. The zero-order valence-electron chi connectivity index (χ0n) is 16.6. The number of fused-ring (bicyclic) bond motifs is 1. The molecule has 1 amide bonds. The first kappa shape index (κ1) is 22.2. The molecule has 1 aliphatic carbocycles. The van der Waals surface area contributed by atoms with Gasteiger partial charge in [-0.05, 0) is 55.0 Å². The molecule has 0 saturated carbocycles. The molecule has 2 unspecified atom stereocenters. The van der Waals surface area contributed by atoms with Gasteiger partial charge in [-0.25, -0.2) is 0 Å². The van der Waals surface area contributed by atoms with Gasteiger partial charge in [-0.2, -0.15) is 0 Å². The van der Waals surface area contributed by atoms with Crippen LogP contribution in [0.1, 0.15) is 47.8 Å². The Kier molecular flexibility index (Phi) is 8.74. The fourth-order valence-electron chi connectivity index (χ4n) is 3.76. The average molecular weight is 404 g/mol. The van der Waals surface area contributed by atoms with Crippen LogP contribution in [0.4, 0.5) is 0 Å². The molecule has 1 aromatic heterocycles. The molecule has 0 radical (unpaired) electrons. The zero-order valence-corrected chi connectivity index (χ0v) is 17.4. The fourth-order valence-corrected chi connectivity index (χ4v) is 3.76. The largest absolute Gasteiger partial charge is 0.496 e. The van der Waals surface area contributed by atoms with Crippen LogP contribution in [0.15, 0.2) is 42.6 Å². The maximum absolute atomic E-state index is 12.4. The summed E-state index contributed by atoms with van der Waals surface area (Å²) in [6.45, 7) is 2.91. The highest BCUT2D eigenvalue weighted by atomic mass is 35.5. The van der Waals surface area contributed by atoms with Crippen LogP contribution in [0.5, 0.6) is 5.75 Å². The lowest BCUT2D eigenvalue weighted by Gasteiger charge is -2.29. The number of halogens is 1. The minimum atomic E-state index is -0.105. The van der Waals surface area contributed by atoms with Crippen molar-refractivity contribution in [2.24, 2.45) is 0 Å². The van der Waals surface area contributed by atoms with Crippen LogP contribution in [0.3, 0.4) is 0 Å². The highest BCUT2D eigenvalue weighted by molar-refractivity contribution is 5.92. The fraction of sp³-hybridized carbons (Fsp3) is 0.455. The van der Waals surface area contributed by atoms with Crippen LogP contribution in [0, 0.1) is 0 Å². The number of nitrogens with zero attached hydrogens (tertiary/aromatic N) is 1. The van der Waals surface area contributed by atoms with E-state index in [2.05, 4.69) is 34.7 Å². The number of rotatable bonds is 8. The predicted molar refractivity (Wildman–Crippen MR) is 114 cm³/mol. The molecule has 0 aliphatic heterocycles. The second-order valence-corrected chi connectivity index (χ2v) is 7.12. The van der Waals surface area contributed by atoms with E-state index in [0.717, 1.165) is 44.4 Å². The van der Waals surface area contributed by atoms with Crippen molar-refractivity contribution in [2.75, 3.05) is 13.7 Å². The third-order valence-corrected chi connectivity index (χ3v) is 5.19. The summed E-state index contributed by atoms with van der Waals surface area (Å²) in [4.78, 5) is 16.5. The Morgan fingerprint density at radius 2 is 2.14 bits per heavy atom. The maximum Gasteiger partial charge on any atom is 0.270 e. The van der Waals surface area contributed by atoms with Crippen molar-refractivity contribution in [1.29, 1.82) is 0 Å². The average Bonchev–Trinajstić information content (AvgIpc) is 2.72. The van der Waals surface area contributed by atoms with Gasteiger partial charge in [0.25, 0.3) is 5.91 Å². The molecule has 0 saturated heterocycles. The van der Waals surface area contributed by atoms with Crippen molar-refractivity contribution in [3.05, 3.63) is 59.4 Å². The van der Waals surface area contributed by atoms with E-state index in [-0.39, 0.29) is 24.4 Å². The van der Waals surface area contributed by atoms with E-state index in [4.69, 9.17) is 4.74 Å². The van der Waals surface area contributed by atoms with E-state index in [9.17, 15) is 4.79 Å². The van der Waals surface area contributed by atoms with Crippen LogP contribution >= 0.6 is 12.4 Å². The molecule has 1 heterocycles. The number of aryl methyl sites for hydroxylation is 1. The first-order valence-corrected chi connectivity index (χ1v) is 9.81. The van der Waals surface area contributed by atoms with Crippen molar-refractivity contribution in [2.45, 2.75) is 51.1 Å². The number of hydrogen-bond acceptors (Lipinski definition) is 4. The lowest BCUT2D eigenvalue weighted by Crippen LogP contribution is -2.46. The van der Waals surface area contributed by atoms with Gasteiger partial charge in [0, 0.05) is 24.8 Å². The topological polar surface area (TPSA) is 63.2 Å². The van der Waals surface area contributed by atoms with Crippen molar-refractivity contribution in [3.63, 3.8) is 0 Å². The van der Waals surface area contributed by atoms with Gasteiger partial charge in [-0.15, -0.1) is 12.4 Å². The number of carbonyl (C=O) groups excluding carboxylic acids is 1. The predicted octanol–water partition coefficient (Wildman–Crippen LogP) is 3.56. The number of aromatic nitrogens is 1. The van der Waals surface area contributed by atoms with Gasteiger partial charge in [0.1, 0.15) is 11.4 Å². The van der Waals surface area contributed by atoms with E-state index < -0.39 is 0 Å². The van der Waals surface area contributed by atoms with Gasteiger partial charge in [-0.1, -0.05) is 31.5 Å². The first-order chi connectivity index (χ1) is 13.2. The smallest absolute Gasteiger partial charge is 0.270 e. The Hall–Kier alpha value is -2.11. The molecule has 0 fully saturated rings. The Bertz CT molecular complexity index is 740. The highest BCUT2D eigenvalue weighted by Gasteiger charge is 2.22. The molecule has 0 spiro atoms. The third-order valence-electron chi connectivity index (χ3n) is 5.19. The second-order valence-electron chi connectivity index (χ2n) is 7.12. The summed E-state index contributed by atoms with van der Waals surface area (Å²) < 4.78 is 5.53. The van der Waals surface area contributed by atoms with Gasteiger partial charge in [0.05, 0.1) is 7.11 Å². The molecule has 2 atom stereocenters.